The lowest BCUT2D eigenvalue weighted by molar-refractivity contribution is -0.0103. The maximum atomic E-state index is 11.5. The van der Waals surface area contributed by atoms with Gasteiger partial charge in [-0.1, -0.05) is 38.1 Å². The highest BCUT2D eigenvalue weighted by molar-refractivity contribution is 5.78. The highest BCUT2D eigenvalue weighted by Crippen LogP contribution is 2.50. The molecule has 0 radical (unpaired) electrons. The van der Waals surface area contributed by atoms with E-state index >= 15 is 0 Å². The van der Waals surface area contributed by atoms with Crippen molar-refractivity contribution in [1.82, 2.24) is 0 Å². The summed E-state index contributed by atoms with van der Waals surface area (Å²) >= 11 is 0. The fourth-order valence-electron chi connectivity index (χ4n) is 5.13. The maximum Gasteiger partial charge on any atom is 0.127 e. The molecule has 1 saturated carbocycles. The predicted octanol–water partition coefficient (Wildman–Crippen LogP) is 6.51. The molecular weight excluding hydrogens is 384 g/mol. The van der Waals surface area contributed by atoms with E-state index in [0.717, 1.165) is 29.5 Å². The zero-order valence-electron chi connectivity index (χ0n) is 19.1. The van der Waals surface area contributed by atoms with E-state index in [1.165, 1.54) is 0 Å². The summed E-state index contributed by atoms with van der Waals surface area (Å²) in [6.07, 6.45) is 7.35. The van der Waals surface area contributed by atoms with E-state index in [1.54, 1.807) is 6.07 Å². The first-order chi connectivity index (χ1) is 14.7. The van der Waals surface area contributed by atoms with E-state index in [4.69, 9.17) is 0 Å². The van der Waals surface area contributed by atoms with Gasteiger partial charge in [0.15, 0.2) is 0 Å². The van der Waals surface area contributed by atoms with Crippen LogP contribution in [0.4, 0.5) is 0 Å². The van der Waals surface area contributed by atoms with Gasteiger partial charge in [0.25, 0.3) is 0 Å². The molecule has 1 aliphatic rings. The van der Waals surface area contributed by atoms with Gasteiger partial charge in [0, 0.05) is 11.1 Å². The number of allylic oxidation sites excluding steroid dienone is 2. The average molecular weight is 421 g/mol. The number of rotatable bonds is 7. The largest absolute Gasteiger partial charge is 0.507 e. The van der Waals surface area contributed by atoms with Crippen LogP contribution in [0.15, 0.2) is 55.6 Å². The van der Waals surface area contributed by atoms with E-state index < -0.39 is 5.60 Å². The van der Waals surface area contributed by atoms with Crippen LogP contribution in [0.2, 0.25) is 0 Å². The summed E-state index contributed by atoms with van der Waals surface area (Å²) in [4.78, 5) is 0. The standard InChI is InChI=1S/C28H36O3/c1-6-8-19-10-11-26(29)22(14-19)23-15-20(9-7-2)16-24(27(23)30)25-17-28(5,31)13-12-21(25)18(3)4/h6-7,10-11,14-16,18,21,25,29-31H,1-2,8-9,12-13,17H2,3-5H3/t21-,25+,28+/m1/s1. The average Bonchev–Trinajstić information content (AvgIpc) is 2.70. The summed E-state index contributed by atoms with van der Waals surface area (Å²) in [7, 11) is 0. The van der Waals surface area contributed by atoms with Gasteiger partial charge >= 0.3 is 0 Å². The zero-order valence-corrected chi connectivity index (χ0v) is 19.1. The Labute approximate surface area is 186 Å². The van der Waals surface area contributed by atoms with Crippen molar-refractivity contribution in [2.45, 2.75) is 64.4 Å². The number of hydrogen-bond donors (Lipinski definition) is 3. The highest BCUT2D eigenvalue weighted by Gasteiger charge is 2.40. The van der Waals surface area contributed by atoms with Gasteiger partial charge in [0.05, 0.1) is 5.60 Å². The van der Waals surface area contributed by atoms with E-state index in [-0.39, 0.29) is 17.4 Å². The lowest BCUT2D eigenvalue weighted by atomic mass is 9.65. The van der Waals surface area contributed by atoms with Crippen molar-refractivity contribution in [1.29, 1.82) is 0 Å². The van der Waals surface area contributed by atoms with Crippen molar-refractivity contribution in [2.75, 3.05) is 0 Å². The van der Waals surface area contributed by atoms with Crippen LogP contribution in [0, 0.1) is 11.8 Å². The minimum atomic E-state index is -0.747. The fourth-order valence-corrected chi connectivity index (χ4v) is 5.13. The number of phenols is 2. The Morgan fingerprint density at radius 3 is 2.32 bits per heavy atom. The summed E-state index contributed by atoms with van der Waals surface area (Å²) in [6, 6.07) is 9.48. The molecule has 0 amide bonds. The molecule has 0 bridgehead atoms. The van der Waals surface area contributed by atoms with Crippen LogP contribution in [-0.4, -0.2) is 20.9 Å². The molecule has 2 aromatic carbocycles. The quantitative estimate of drug-likeness (QED) is 0.447. The SMILES string of the molecule is C=CCc1ccc(O)c(-c2cc(CC=C)cc([C@H]3C[C@@](C)(O)CC[C@@H]3C(C)C)c2O)c1. The van der Waals surface area contributed by atoms with Crippen LogP contribution in [0.5, 0.6) is 11.5 Å². The molecule has 3 rings (SSSR count). The van der Waals surface area contributed by atoms with Crippen molar-refractivity contribution in [2.24, 2.45) is 11.8 Å². The molecule has 3 N–H and O–H groups in total. The predicted molar refractivity (Wildman–Crippen MR) is 129 cm³/mol. The summed E-state index contributed by atoms with van der Waals surface area (Å²) in [6.45, 7) is 14.0. The van der Waals surface area contributed by atoms with Crippen molar-refractivity contribution in [3.63, 3.8) is 0 Å². The molecule has 3 nitrogen and oxygen atoms in total. The van der Waals surface area contributed by atoms with Crippen LogP contribution in [0.3, 0.4) is 0 Å². The van der Waals surface area contributed by atoms with Gasteiger partial charge in [0.1, 0.15) is 11.5 Å². The van der Waals surface area contributed by atoms with Crippen LogP contribution >= 0.6 is 0 Å². The molecule has 0 spiro atoms. The van der Waals surface area contributed by atoms with Crippen molar-refractivity contribution in [3.8, 4) is 22.6 Å². The van der Waals surface area contributed by atoms with Gasteiger partial charge in [-0.2, -0.15) is 0 Å². The number of benzene rings is 2. The fraction of sp³-hybridized carbons (Fsp3) is 0.429. The Balaban J connectivity index is 2.20. The number of phenolic OH excluding ortho intramolecular Hbond substituents is 2. The molecule has 1 aliphatic carbocycles. The number of hydrogen-bond acceptors (Lipinski definition) is 3. The van der Waals surface area contributed by atoms with E-state index in [2.05, 4.69) is 33.1 Å². The third kappa shape index (κ3) is 5.04. The van der Waals surface area contributed by atoms with Gasteiger partial charge in [-0.3, -0.25) is 0 Å². The molecule has 3 heteroatoms. The molecule has 166 valence electrons. The molecule has 1 fully saturated rings. The molecule has 3 atom stereocenters. The molecule has 0 aliphatic heterocycles. The zero-order chi connectivity index (χ0) is 22.8. The van der Waals surface area contributed by atoms with E-state index in [1.807, 2.05) is 37.3 Å². The second-order valence-corrected chi connectivity index (χ2v) is 9.67. The second kappa shape index (κ2) is 9.32. The summed E-state index contributed by atoms with van der Waals surface area (Å²) < 4.78 is 0. The molecule has 0 aromatic heterocycles. The maximum absolute atomic E-state index is 11.5. The van der Waals surface area contributed by atoms with Crippen LogP contribution in [0.1, 0.15) is 62.6 Å². The Hall–Kier alpha value is -2.52. The molecule has 31 heavy (non-hydrogen) atoms. The Morgan fingerprint density at radius 2 is 1.68 bits per heavy atom. The minimum absolute atomic E-state index is 0.0470. The molecule has 2 aromatic rings. The van der Waals surface area contributed by atoms with Crippen LogP contribution in [-0.2, 0) is 12.8 Å². The number of aromatic hydroxyl groups is 2. The van der Waals surface area contributed by atoms with Gasteiger partial charge in [0.2, 0.25) is 0 Å². The second-order valence-electron chi connectivity index (χ2n) is 9.67. The van der Waals surface area contributed by atoms with Crippen molar-refractivity contribution in [3.05, 3.63) is 72.3 Å². The molecule has 0 heterocycles. The van der Waals surface area contributed by atoms with Crippen LogP contribution in [0.25, 0.3) is 11.1 Å². The lowest BCUT2D eigenvalue weighted by Gasteiger charge is -2.42. The topological polar surface area (TPSA) is 60.7 Å². The third-order valence-electron chi connectivity index (χ3n) is 6.76. The Bertz CT molecular complexity index is 955. The van der Waals surface area contributed by atoms with Crippen molar-refractivity contribution < 1.29 is 15.3 Å². The lowest BCUT2D eigenvalue weighted by Crippen LogP contribution is -2.37. The Morgan fingerprint density at radius 1 is 1.03 bits per heavy atom. The molecule has 0 saturated heterocycles. The summed E-state index contributed by atoms with van der Waals surface area (Å²) in [5.41, 5.74) is 3.43. The van der Waals surface area contributed by atoms with Crippen molar-refractivity contribution >= 4 is 0 Å². The first kappa shape index (κ1) is 23.1. The minimum Gasteiger partial charge on any atom is -0.507 e. The smallest absolute Gasteiger partial charge is 0.127 e. The normalized spacial score (nSPS) is 23.6. The van der Waals surface area contributed by atoms with Gasteiger partial charge in [-0.25, -0.2) is 0 Å². The highest BCUT2D eigenvalue weighted by atomic mass is 16.3. The van der Waals surface area contributed by atoms with E-state index in [0.29, 0.717) is 42.2 Å². The van der Waals surface area contributed by atoms with Crippen LogP contribution < -0.4 is 0 Å². The molecular formula is C28H36O3. The first-order valence-electron chi connectivity index (χ1n) is 11.3. The van der Waals surface area contributed by atoms with Gasteiger partial charge in [-0.05, 0) is 91.7 Å². The number of aliphatic hydroxyl groups is 1. The summed E-state index contributed by atoms with van der Waals surface area (Å²) in [5.74, 6) is 1.20. The van der Waals surface area contributed by atoms with Gasteiger partial charge in [-0.15, -0.1) is 13.2 Å². The third-order valence-corrected chi connectivity index (χ3v) is 6.76. The first-order valence-corrected chi connectivity index (χ1v) is 11.3. The summed E-state index contributed by atoms with van der Waals surface area (Å²) in [5, 5.41) is 32.9. The monoisotopic (exact) mass is 420 g/mol. The van der Waals surface area contributed by atoms with E-state index in [9.17, 15) is 15.3 Å². The molecule has 0 unspecified atom stereocenters. The van der Waals surface area contributed by atoms with Gasteiger partial charge < -0.3 is 15.3 Å². The Kier molecular flexibility index (Phi) is 6.96.